The smallest absolute Gasteiger partial charge is 0.0455 e. The van der Waals surface area contributed by atoms with Gasteiger partial charge in [0, 0.05) is 24.0 Å². The van der Waals surface area contributed by atoms with Crippen LogP contribution in [0.15, 0.2) is 36.7 Å². The maximum absolute atomic E-state index is 5.91. The second-order valence-corrected chi connectivity index (χ2v) is 2.74. The molecule has 0 bridgehead atoms. The van der Waals surface area contributed by atoms with Crippen LogP contribution in [0.2, 0.25) is 5.02 Å². The van der Waals surface area contributed by atoms with Gasteiger partial charge in [-0.15, -0.1) is 0 Å². The van der Waals surface area contributed by atoms with Gasteiger partial charge in [-0.05, 0) is 11.6 Å². The van der Waals surface area contributed by atoms with Gasteiger partial charge in [-0.2, -0.15) is 0 Å². The average Bonchev–Trinajstić information content (AvgIpc) is 2.09. The first-order chi connectivity index (χ1) is 5.84. The second-order valence-electron chi connectivity index (χ2n) is 2.33. The Morgan fingerprint density at radius 3 is 2.83 bits per heavy atom. The van der Waals surface area contributed by atoms with Crippen molar-refractivity contribution in [2.75, 3.05) is 0 Å². The first kappa shape index (κ1) is 8.94. The van der Waals surface area contributed by atoms with E-state index in [2.05, 4.69) is 5.32 Å². The topological polar surface area (TPSA) is 38.0 Å². The number of nitrogens with two attached hydrogens (primary N) is 1. The molecule has 0 aromatic heterocycles. The van der Waals surface area contributed by atoms with Crippen molar-refractivity contribution in [2.45, 2.75) is 6.54 Å². The van der Waals surface area contributed by atoms with Crippen molar-refractivity contribution in [3.8, 4) is 0 Å². The third-order valence-corrected chi connectivity index (χ3v) is 1.83. The summed E-state index contributed by atoms with van der Waals surface area (Å²) >= 11 is 5.91. The molecule has 1 aromatic carbocycles. The minimum atomic E-state index is 0.702. The zero-order valence-corrected chi connectivity index (χ0v) is 7.38. The summed E-state index contributed by atoms with van der Waals surface area (Å²) in [7, 11) is 0. The minimum absolute atomic E-state index is 0.702. The standard InChI is InChI=1S/C9H11ClN2/c10-9-4-2-1-3-8(9)7-12-6-5-11/h1-6,12H,7,11H2/b6-5-. The molecule has 0 spiro atoms. The minimum Gasteiger partial charge on any atom is -0.403 e. The summed E-state index contributed by atoms with van der Waals surface area (Å²) in [6.45, 7) is 0.702. The number of hydrogen-bond donors (Lipinski definition) is 2. The van der Waals surface area contributed by atoms with Gasteiger partial charge in [-0.1, -0.05) is 29.8 Å². The molecule has 0 amide bonds. The SMILES string of the molecule is N/C=C\NCc1ccccc1Cl. The van der Waals surface area contributed by atoms with Crippen LogP contribution in [0.3, 0.4) is 0 Å². The Balaban J connectivity index is 2.57. The number of rotatable bonds is 3. The Kier molecular flexibility index (Phi) is 3.48. The number of nitrogens with one attached hydrogen (secondary N) is 1. The molecule has 12 heavy (non-hydrogen) atoms. The van der Waals surface area contributed by atoms with E-state index in [1.807, 2.05) is 24.3 Å². The summed E-state index contributed by atoms with van der Waals surface area (Å²) < 4.78 is 0. The van der Waals surface area contributed by atoms with Crippen LogP contribution in [0.1, 0.15) is 5.56 Å². The van der Waals surface area contributed by atoms with Crippen molar-refractivity contribution in [3.63, 3.8) is 0 Å². The maximum Gasteiger partial charge on any atom is 0.0455 e. The Morgan fingerprint density at radius 2 is 2.17 bits per heavy atom. The van der Waals surface area contributed by atoms with Gasteiger partial charge < -0.3 is 11.1 Å². The third kappa shape index (κ3) is 2.47. The first-order valence-electron chi connectivity index (χ1n) is 3.68. The van der Waals surface area contributed by atoms with Gasteiger partial charge in [0.1, 0.15) is 0 Å². The van der Waals surface area contributed by atoms with Crippen molar-refractivity contribution in [1.82, 2.24) is 5.32 Å². The molecular formula is C9H11ClN2. The van der Waals surface area contributed by atoms with Gasteiger partial charge in [-0.3, -0.25) is 0 Å². The van der Waals surface area contributed by atoms with Crippen molar-refractivity contribution in [3.05, 3.63) is 47.3 Å². The molecule has 3 N–H and O–H groups in total. The highest BCUT2D eigenvalue weighted by Gasteiger charge is 1.94. The van der Waals surface area contributed by atoms with Crippen LogP contribution in [0, 0.1) is 0 Å². The molecule has 0 unspecified atom stereocenters. The summed E-state index contributed by atoms with van der Waals surface area (Å²) in [4.78, 5) is 0. The van der Waals surface area contributed by atoms with E-state index in [1.54, 1.807) is 6.20 Å². The average molecular weight is 183 g/mol. The fraction of sp³-hybridized carbons (Fsp3) is 0.111. The first-order valence-corrected chi connectivity index (χ1v) is 4.06. The van der Waals surface area contributed by atoms with Crippen molar-refractivity contribution < 1.29 is 0 Å². The predicted octanol–water partition coefficient (Wildman–Crippen LogP) is 1.86. The molecule has 1 aromatic rings. The lowest BCUT2D eigenvalue weighted by Gasteiger charge is -2.02. The second kappa shape index (κ2) is 4.67. The Labute approximate surface area is 77.0 Å². The van der Waals surface area contributed by atoms with E-state index >= 15 is 0 Å². The van der Waals surface area contributed by atoms with Crippen LogP contribution >= 0.6 is 11.6 Å². The quantitative estimate of drug-likeness (QED) is 0.749. The molecule has 0 radical (unpaired) electrons. The van der Waals surface area contributed by atoms with E-state index in [0.29, 0.717) is 6.54 Å². The molecule has 0 aliphatic heterocycles. The molecular weight excluding hydrogens is 172 g/mol. The van der Waals surface area contributed by atoms with Crippen molar-refractivity contribution >= 4 is 11.6 Å². The maximum atomic E-state index is 5.91. The summed E-state index contributed by atoms with van der Waals surface area (Å²) in [6.07, 6.45) is 3.14. The zero-order chi connectivity index (χ0) is 8.81. The lowest BCUT2D eigenvalue weighted by molar-refractivity contribution is 0.867. The van der Waals surface area contributed by atoms with Gasteiger partial charge in [0.15, 0.2) is 0 Å². The predicted molar refractivity (Wildman–Crippen MR) is 51.6 cm³/mol. The van der Waals surface area contributed by atoms with E-state index in [-0.39, 0.29) is 0 Å². The molecule has 0 saturated carbocycles. The van der Waals surface area contributed by atoms with E-state index in [9.17, 15) is 0 Å². The molecule has 0 aliphatic rings. The van der Waals surface area contributed by atoms with Crippen LogP contribution in [0.25, 0.3) is 0 Å². The number of benzene rings is 1. The molecule has 0 fully saturated rings. The van der Waals surface area contributed by atoms with Gasteiger partial charge in [0.05, 0.1) is 0 Å². The van der Waals surface area contributed by atoms with Crippen LogP contribution in [-0.4, -0.2) is 0 Å². The summed E-state index contributed by atoms with van der Waals surface area (Å²) in [6, 6.07) is 7.70. The van der Waals surface area contributed by atoms with Gasteiger partial charge in [0.2, 0.25) is 0 Å². The Bertz CT molecular complexity index is 271. The monoisotopic (exact) mass is 182 g/mol. The van der Waals surface area contributed by atoms with Crippen LogP contribution in [0.5, 0.6) is 0 Å². The molecule has 0 heterocycles. The molecule has 0 saturated heterocycles. The highest BCUT2D eigenvalue weighted by Crippen LogP contribution is 2.13. The molecule has 0 aliphatic carbocycles. The van der Waals surface area contributed by atoms with E-state index < -0.39 is 0 Å². The van der Waals surface area contributed by atoms with Crippen LogP contribution in [0.4, 0.5) is 0 Å². The third-order valence-electron chi connectivity index (χ3n) is 1.46. The Morgan fingerprint density at radius 1 is 1.42 bits per heavy atom. The molecule has 64 valence electrons. The number of halogens is 1. The van der Waals surface area contributed by atoms with E-state index in [1.165, 1.54) is 6.20 Å². The summed E-state index contributed by atoms with van der Waals surface area (Å²) in [5.74, 6) is 0. The fourth-order valence-electron chi connectivity index (χ4n) is 0.879. The molecule has 1 rings (SSSR count). The normalized spacial score (nSPS) is 10.4. The van der Waals surface area contributed by atoms with Gasteiger partial charge in [-0.25, -0.2) is 0 Å². The highest BCUT2D eigenvalue weighted by atomic mass is 35.5. The number of hydrogen-bond acceptors (Lipinski definition) is 2. The van der Waals surface area contributed by atoms with Crippen molar-refractivity contribution in [2.24, 2.45) is 5.73 Å². The van der Waals surface area contributed by atoms with Crippen LogP contribution < -0.4 is 11.1 Å². The molecule has 2 nitrogen and oxygen atoms in total. The lowest BCUT2D eigenvalue weighted by Crippen LogP contribution is -2.05. The molecule has 3 heteroatoms. The summed E-state index contributed by atoms with van der Waals surface area (Å²) in [5, 5.41) is 3.78. The van der Waals surface area contributed by atoms with E-state index in [4.69, 9.17) is 17.3 Å². The fourth-order valence-corrected chi connectivity index (χ4v) is 1.08. The lowest BCUT2D eigenvalue weighted by atomic mass is 10.2. The molecule has 0 atom stereocenters. The largest absolute Gasteiger partial charge is 0.403 e. The van der Waals surface area contributed by atoms with Crippen LogP contribution in [-0.2, 0) is 6.54 Å². The van der Waals surface area contributed by atoms with Gasteiger partial charge in [0.25, 0.3) is 0 Å². The Hall–Kier alpha value is -1.15. The van der Waals surface area contributed by atoms with Crippen molar-refractivity contribution in [1.29, 1.82) is 0 Å². The highest BCUT2D eigenvalue weighted by molar-refractivity contribution is 6.31. The zero-order valence-electron chi connectivity index (χ0n) is 6.63. The van der Waals surface area contributed by atoms with E-state index in [0.717, 1.165) is 10.6 Å². The van der Waals surface area contributed by atoms with Gasteiger partial charge >= 0.3 is 0 Å². The summed E-state index contributed by atoms with van der Waals surface area (Å²) in [5.41, 5.74) is 6.22.